The van der Waals surface area contributed by atoms with Gasteiger partial charge in [-0.3, -0.25) is 9.59 Å². The minimum atomic E-state index is -0.0205. The second-order valence-corrected chi connectivity index (χ2v) is 5.41. The molecule has 0 fully saturated rings. The van der Waals surface area contributed by atoms with Gasteiger partial charge in [0.1, 0.15) is 0 Å². The van der Waals surface area contributed by atoms with Gasteiger partial charge in [-0.15, -0.1) is 0 Å². The fourth-order valence-corrected chi connectivity index (χ4v) is 2.22. The summed E-state index contributed by atoms with van der Waals surface area (Å²) in [7, 11) is 0. The van der Waals surface area contributed by atoms with E-state index in [1.807, 2.05) is 18.2 Å². The van der Waals surface area contributed by atoms with Crippen LogP contribution in [0.2, 0.25) is 0 Å². The lowest BCUT2D eigenvalue weighted by Crippen LogP contribution is -2.24. The van der Waals surface area contributed by atoms with Crippen LogP contribution >= 0.6 is 0 Å². The van der Waals surface area contributed by atoms with Crippen LogP contribution in [0.3, 0.4) is 0 Å². The molecule has 116 valence electrons. The first-order chi connectivity index (χ1) is 10.2. The Morgan fingerprint density at radius 3 is 2.29 bits per heavy atom. The van der Waals surface area contributed by atoms with Crippen LogP contribution in [-0.4, -0.2) is 18.2 Å². The summed E-state index contributed by atoms with van der Waals surface area (Å²) in [5.74, 6) is 0.0122. The molecular weight excluding hydrogens is 262 g/mol. The van der Waals surface area contributed by atoms with Gasteiger partial charge in [0.25, 0.3) is 0 Å². The van der Waals surface area contributed by atoms with E-state index in [0.717, 1.165) is 13.0 Å². The van der Waals surface area contributed by atoms with E-state index in [2.05, 4.69) is 12.2 Å². The molecule has 0 aromatic heterocycles. The summed E-state index contributed by atoms with van der Waals surface area (Å²) in [5, 5.41) is 2.89. The van der Waals surface area contributed by atoms with Crippen molar-refractivity contribution in [2.45, 2.75) is 58.3 Å². The molecule has 1 aromatic carbocycles. The number of rotatable bonds is 11. The summed E-state index contributed by atoms with van der Waals surface area (Å²) in [6, 6.07) is 9.13. The standard InChI is InChI=1S/C18H27NO2/c1-2-3-4-5-6-10-15-19-18(21)14-13-17(20)16-11-8-7-9-12-16/h7-9,11-12H,2-6,10,13-15H2,1H3,(H,19,21). The second-order valence-electron chi connectivity index (χ2n) is 5.41. The highest BCUT2D eigenvalue weighted by Gasteiger charge is 2.08. The van der Waals surface area contributed by atoms with Crippen molar-refractivity contribution >= 4 is 11.7 Å². The number of Topliss-reactive ketones (excluding diaryl/α,β-unsaturated/α-hetero) is 1. The molecule has 0 saturated carbocycles. The topological polar surface area (TPSA) is 46.2 Å². The van der Waals surface area contributed by atoms with Crippen molar-refractivity contribution in [3.8, 4) is 0 Å². The Bertz CT molecular complexity index is 414. The van der Waals surface area contributed by atoms with Gasteiger partial charge in [0.05, 0.1) is 0 Å². The van der Waals surface area contributed by atoms with E-state index in [1.165, 1.54) is 32.1 Å². The molecule has 21 heavy (non-hydrogen) atoms. The lowest BCUT2D eigenvalue weighted by molar-refractivity contribution is -0.121. The fourth-order valence-electron chi connectivity index (χ4n) is 2.22. The van der Waals surface area contributed by atoms with E-state index in [1.54, 1.807) is 12.1 Å². The number of nitrogens with one attached hydrogen (secondary N) is 1. The third-order valence-electron chi connectivity index (χ3n) is 3.53. The molecule has 1 rings (SSSR count). The zero-order valence-corrected chi connectivity index (χ0v) is 13.1. The van der Waals surface area contributed by atoms with Crippen molar-refractivity contribution in [3.63, 3.8) is 0 Å². The molecule has 0 radical (unpaired) electrons. The van der Waals surface area contributed by atoms with Crippen LogP contribution < -0.4 is 5.32 Å². The number of carbonyl (C=O) groups is 2. The maximum absolute atomic E-state index is 11.8. The quantitative estimate of drug-likeness (QED) is 0.492. The molecule has 1 N–H and O–H groups in total. The SMILES string of the molecule is CCCCCCCCNC(=O)CCC(=O)c1ccccc1. The lowest BCUT2D eigenvalue weighted by atomic mass is 10.1. The van der Waals surface area contributed by atoms with Gasteiger partial charge < -0.3 is 5.32 Å². The van der Waals surface area contributed by atoms with E-state index in [9.17, 15) is 9.59 Å². The molecule has 0 spiro atoms. The van der Waals surface area contributed by atoms with Crippen molar-refractivity contribution in [3.05, 3.63) is 35.9 Å². The Labute approximate surface area is 128 Å². The van der Waals surface area contributed by atoms with E-state index in [-0.39, 0.29) is 24.5 Å². The van der Waals surface area contributed by atoms with Crippen molar-refractivity contribution in [1.82, 2.24) is 5.32 Å². The minimum absolute atomic E-state index is 0.0205. The van der Waals surface area contributed by atoms with Crippen molar-refractivity contribution in [1.29, 1.82) is 0 Å². The summed E-state index contributed by atoms with van der Waals surface area (Å²) < 4.78 is 0. The van der Waals surface area contributed by atoms with Crippen molar-refractivity contribution in [2.75, 3.05) is 6.54 Å². The van der Waals surface area contributed by atoms with Crippen LogP contribution in [0, 0.1) is 0 Å². The average Bonchev–Trinajstić information content (AvgIpc) is 2.52. The molecule has 0 heterocycles. The van der Waals surface area contributed by atoms with Crippen LogP contribution in [-0.2, 0) is 4.79 Å². The first-order valence-corrected chi connectivity index (χ1v) is 8.09. The second kappa shape index (κ2) is 11.1. The number of hydrogen-bond acceptors (Lipinski definition) is 2. The summed E-state index contributed by atoms with van der Waals surface area (Å²) in [6.07, 6.45) is 7.85. The zero-order valence-electron chi connectivity index (χ0n) is 13.1. The predicted octanol–water partition coefficient (Wildman–Crippen LogP) is 4.13. The monoisotopic (exact) mass is 289 g/mol. The molecular formula is C18H27NO2. The van der Waals surface area contributed by atoms with Crippen molar-refractivity contribution < 1.29 is 9.59 Å². The highest BCUT2D eigenvalue weighted by molar-refractivity contribution is 5.97. The van der Waals surface area contributed by atoms with Gasteiger partial charge in [-0.1, -0.05) is 69.4 Å². The van der Waals surface area contributed by atoms with Crippen LogP contribution in [0.25, 0.3) is 0 Å². The molecule has 3 heteroatoms. The number of hydrogen-bond donors (Lipinski definition) is 1. The maximum Gasteiger partial charge on any atom is 0.220 e. The summed E-state index contributed by atoms with van der Waals surface area (Å²) in [4.78, 5) is 23.5. The van der Waals surface area contributed by atoms with E-state index >= 15 is 0 Å². The van der Waals surface area contributed by atoms with Gasteiger partial charge >= 0.3 is 0 Å². The summed E-state index contributed by atoms with van der Waals surface area (Å²) >= 11 is 0. The van der Waals surface area contributed by atoms with Gasteiger partial charge in [0.2, 0.25) is 5.91 Å². The highest BCUT2D eigenvalue weighted by atomic mass is 16.2. The van der Waals surface area contributed by atoms with E-state index in [4.69, 9.17) is 0 Å². The molecule has 0 aliphatic carbocycles. The lowest BCUT2D eigenvalue weighted by Gasteiger charge is -2.05. The molecule has 1 amide bonds. The van der Waals surface area contributed by atoms with Gasteiger partial charge in [-0.2, -0.15) is 0 Å². The number of carbonyl (C=O) groups excluding carboxylic acids is 2. The predicted molar refractivity (Wildman–Crippen MR) is 86.4 cm³/mol. The average molecular weight is 289 g/mol. The van der Waals surface area contributed by atoms with E-state index < -0.39 is 0 Å². The summed E-state index contributed by atoms with van der Waals surface area (Å²) in [6.45, 7) is 2.93. The molecule has 0 bridgehead atoms. The van der Waals surface area contributed by atoms with Gasteiger partial charge in [0, 0.05) is 24.9 Å². The van der Waals surface area contributed by atoms with Gasteiger partial charge in [-0.05, 0) is 6.42 Å². The molecule has 0 aliphatic heterocycles. The number of unbranched alkanes of at least 4 members (excludes halogenated alkanes) is 5. The molecule has 0 saturated heterocycles. The van der Waals surface area contributed by atoms with E-state index in [0.29, 0.717) is 5.56 Å². The Balaban J connectivity index is 2.05. The molecule has 0 aliphatic rings. The number of benzene rings is 1. The van der Waals surface area contributed by atoms with Gasteiger partial charge in [-0.25, -0.2) is 0 Å². The van der Waals surface area contributed by atoms with Crippen LogP contribution in [0.15, 0.2) is 30.3 Å². The third-order valence-corrected chi connectivity index (χ3v) is 3.53. The van der Waals surface area contributed by atoms with Gasteiger partial charge in [0.15, 0.2) is 5.78 Å². The minimum Gasteiger partial charge on any atom is -0.356 e. The molecule has 1 aromatic rings. The Morgan fingerprint density at radius 1 is 0.905 bits per heavy atom. The first-order valence-electron chi connectivity index (χ1n) is 8.09. The maximum atomic E-state index is 11.8. The van der Waals surface area contributed by atoms with Crippen LogP contribution in [0.5, 0.6) is 0 Å². The Hall–Kier alpha value is -1.64. The largest absolute Gasteiger partial charge is 0.356 e. The Morgan fingerprint density at radius 2 is 1.57 bits per heavy atom. The number of amides is 1. The highest BCUT2D eigenvalue weighted by Crippen LogP contribution is 2.06. The third kappa shape index (κ3) is 8.28. The first kappa shape index (κ1) is 17.4. The summed E-state index contributed by atoms with van der Waals surface area (Å²) in [5.41, 5.74) is 0.682. The Kier molecular flexibility index (Phi) is 9.18. The molecule has 0 unspecified atom stereocenters. The van der Waals surface area contributed by atoms with Crippen LogP contribution in [0.4, 0.5) is 0 Å². The molecule has 0 atom stereocenters. The van der Waals surface area contributed by atoms with Crippen molar-refractivity contribution in [2.24, 2.45) is 0 Å². The number of ketones is 1. The zero-order chi connectivity index (χ0) is 15.3. The molecule has 3 nitrogen and oxygen atoms in total. The fraction of sp³-hybridized carbons (Fsp3) is 0.556. The smallest absolute Gasteiger partial charge is 0.220 e. The normalized spacial score (nSPS) is 10.3. The van der Waals surface area contributed by atoms with Crippen LogP contribution in [0.1, 0.15) is 68.6 Å².